The minimum absolute atomic E-state index is 0.000463. The first-order valence-electron chi connectivity index (χ1n) is 5.13. The number of halogens is 5. The topological polar surface area (TPSA) is 38.9 Å². The molecule has 1 aromatic carbocycles. The van der Waals surface area contributed by atoms with Crippen LogP contribution in [0, 0.1) is 0 Å². The Labute approximate surface area is 119 Å². The van der Waals surface area contributed by atoms with Gasteiger partial charge in [-0.3, -0.25) is 0 Å². The molecule has 0 aliphatic rings. The fourth-order valence-corrected chi connectivity index (χ4v) is 1.95. The smallest absolute Gasteiger partial charge is 0.417 e. The summed E-state index contributed by atoms with van der Waals surface area (Å²) in [6.07, 6.45) is -4.46. The maximum atomic E-state index is 12.8. The molecule has 1 atom stereocenters. The lowest BCUT2D eigenvalue weighted by molar-refractivity contribution is -0.138. The van der Waals surface area contributed by atoms with Crippen molar-refractivity contribution in [2.75, 3.05) is 0 Å². The first-order valence-corrected chi connectivity index (χ1v) is 6.36. The summed E-state index contributed by atoms with van der Waals surface area (Å²) in [6, 6.07) is 3.68. The lowest BCUT2D eigenvalue weighted by Crippen LogP contribution is -2.06. The van der Waals surface area contributed by atoms with Gasteiger partial charge in [0.05, 0.1) is 5.56 Å². The minimum Gasteiger partial charge on any atom is -0.419 e. The largest absolute Gasteiger partial charge is 0.419 e. The third-order valence-corrected chi connectivity index (χ3v) is 3.18. The van der Waals surface area contributed by atoms with E-state index in [1.54, 1.807) is 6.92 Å². The predicted octanol–water partition coefficient (Wildman–Crippen LogP) is 4.82. The SMILES string of the molecule is CC(Cl)c1nnc(-c2ccc(Br)c(C(F)(F)F)c2)o1. The second-order valence-electron chi connectivity index (χ2n) is 3.75. The summed E-state index contributed by atoms with van der Waals surface area (Å²) in [6.45, 7) is 1.63. The monoisotopic (exact) mass is 354 g/mol. The number of aromatic nitrogens is 2. The van der Waals surface area contributed by atoms with Gasteiger partial charge in [-0.05, 0) is 25.1 Å². The van der Waals surface area contributed by atoms with E-state index in [1.807, 2.05) is 0 Å². The summed E-state index contributed by atoms with van der Waals surface area (Å²) in [5.41, 5.74) is -0.615. The number of alkyl halides is 4. The highest BCUT2D eigenvalue weighted by Crippen LogP contribution is 2.37. The van der Waals surface area contributed by atoms with E-state index in [9.17, 15) is 13.2 Å². The van der Waals surface area contributed by atoms with Crippen LogP contribution in [0.2, 0.25) is 0 Å². The molecule has 2 aromatic rings. The fraction of sp³-hybridized carbons (Fsp3) is 0.273. The Hall–Kier alpha value is -1.08. The van der Waals surface area contributed by atoms with Gasteiger partial charge >= 0.3 is 6.18 Å². The summed E-state index contributed by atoms with van der Waals surface area (Å²) < 4.78 is 43.4. The highest BCUT2D eigenvalue weighted by molar-refractivity contribution is 9.10. The zero-order chi connectivity index (χ0) is 14.2. The van der Waals surface area contributed by atoms with E-state index in [4.69, 9.17) is 16.0 Å². The van der Waals surface area contributed by atoms with Crippen molar-refractivity contribution in [2.45, 2.75) is 18.5 Å². The van der Waals surface area contributed by atoms with Crippen molar-refractivity contribution in [1.29, 1.82) is 0 Å². The predicted molar refractivity (Wildman–Crippen MR) is 66.7 cm³/mol. The van der Waals surface area contributed by atoms with Gasteiger partial charge in [-0.25, -0.2) is 0 Å². The molecular formula is C11H7BrClF3N2O. The van der Waals surface area contributed by atoms with Crippen LogP contribution in [0.5, 0.6) is 0 Å². The van der Waals surface area contributed by atoms with Crippen molar-refractivity contribution < 1.29 is 17.6 Å². The van der Waals surface area contributed by atoms with Gasteiger partial charge in [-0.15, -0.1) is 21.8 Å². The average molecular weight is 356 g/mol. The molecule has 0 aliphatic heterocycles. The Morgan fingerprint density at radius 3 is 2.53 bits per heavy atom. The molecule has 0 saturated carbocycles. The molecule has 0 fully saturated rings. The molecule has 0 amide bonds. The van der Waals surface area contributed by atoms with Crippen molar-refractivity contribution in [3.63, 3.8) is 0 Å². The van der Waals surface area contributed by atoms with Crippen LogP contribution in [0.25, 0.3) is 11.5 Å². The van der Waals surface area contributed by atoms with Crippen molar-refractivity contribution in [2.24, 2.45) is 0 Å². The maximum absolute atomic E-state index is 12.8. The fourth-order valence-electron chi connectivity index (χ4n) is 1.39. The van der Waals surface area contributed by atoms with Crippen LogP contribution in [-0.2, 0) is 6.18 Å². The van der Waals surface area contributed by atoms with Crippen LogP contribution in [-0.4, -0.2) is 10.2 Å². The van der Waals surface area contributed by atoms with Crippen molar-refractivity contribution >= 4 is 27.5 Å². The highest BCUT2D eigenvalue weighted by atomic mass is 79.9. The molecule has 1 aromatic heterocycles. The van der Waals surface area contributed by atoms with Gasteiger partial charge in [0.2, 0.25) is 11.8 Å². The van der Waals surface area contributed by atoms with E-state index >= 15 is 0 Å². The van der Waals surface area contributed by atoms with E-state index in [1.165, 1.54) is 12.1 Å². The van der Waals surface area contributed by atoms with Gasteiger partial charge in [-0.2, -0.15) is 13.2 Å². The Balaban J connectivity index is 2.45. The third kappa shape index (κ3) is 3.09. The molecule has 8 heteroatoms. The van der Waals surface area contributed by atoms with Gasteiger partial charge < -0.3 is 4.42 Å². The lowest BCUT2D eigenvalue weighted by atomic mass is 10.1. The summed E-state index contributed by atoms with van der Waals surface area (Å²) in [7, 11) is 0. The van der Waals surface area contributed by atoms with Crippen LogP contribution in [0.3, 0.4) is 0 Å². The average Bonchev–Trinajstić information content (AvgIpc) is 2.77. The van der Waals surface area contributed by atoms with Crippen LogP contribution < -0.4 is 0 Å². The van der Waals surface area contributed by atoms with E-state index in [0.717, 1.165) is 6.07 Å². The molecule has 1 unspecified atom stereocenters. The third-order valence-electron chi connectivity index (χ3n) is 2.30. The Bertz CT molecular complexity index is 598. The van der Waals surface area contributed by atoms with Gasteiger partial charge in [0.25, 0.3) is 0 Å². The van der Waals surface area contributed by atoms with Crippen LogP contribution >= 0.6 is 27.5 Å². The van der Waals surface area contributed by atoms with Gasteiger partial charge in [0, 0.05) is 10.0 Å². The molecular weight excluding hydrogens is 348 g/mol. The van der Waals surface area contributed by atoms with Gasteiger partial charge in [-0.1, -0.05) is 15.9 Å². The molecule has 0 aliphatic carbocycles. The minimum atomic E-state index is -4.46. The molecule has 3 nitrogen and oxygen atoms in total. The van der Waals surface area contributed by atoms with Crippen molar-refractivity contribution in [1.82, 2.24) is 10.2 Å². The second kappa shape index (κ2) is 5.13. The molecule has 0 radical (unpaired) electrons. The summed E-state index contributed by atoms with van der Waals surface area (Å²) in [4.78, 5) is 0. The number of benzene rings is 1. The van der Waals surface area contributed by atoms with Gasteiger partial charge in [0.1, 0.15) is 5.38 Å². The molecule has 0 spiro atoms. The molecule has 19 heavy (non-hydrogen) atoms. The number of rotatable bonds is 2. The highest BCUT2D eigenvalue weighted by Gasteiger charge is 2.33. The maximum Gasteiger partial charge on any atom is 0.417 e. The van der Waals surface area contributed by atoms with Crippen LogP contribution in [0.1, 0.15) is 23.8 Å². The van der Waals surface area contributed by atoms with E-state index in [-0.39, 0.29) is 21.8 Å². The number of hydrogen-bond donors (Lipinski definition) is 0. The normalized spacial score (nSPS) is 13.6. The van der Waals surface area contributed by atoms with Crippen LogP contribution in [0.4, 0.5) is 13.2 Å². The second-order valence-corrected chi connectivity index (χ2v) is 5.26. The number of nitrogens with zero attached hydrogens (tertiary/aromatic N) is 2. The van der Waals surface area contributed by atoms with Crippen LogP contribution in [0.15, 0.2) is 27.1 Å². The lowest BCUT2D eigenvalue weighted by Gasteiger charge is -2.09. The molecule has 0 saturated heterocycles. The van der Waals surface area contributed by atoms with E-state index in [2.05, 4.69) is 26.1 Å². The van der Waals surface area contributed by atoms with Gasteiger partial charge in [0.15, 0.2) is 0 Å². The Morgan fingerprint density at radius 1 is 1.32 bits per heavy atom. The first kappa shape index (κ1) is 14.3. The molecule has 102 valence electrons. The summed E-state index contributed by atoms with van der Waals surface area (Å²) in [5.74, 6) is 0.161. The molecule has 0 bridgehead atoms. The summed E-state index contributed by atoms with van der Waals surface area (Å²) >= 11 is 8.61. The molecule has 0 N–H and O–H groups in total. The molecule has 2 rings (SSSR count). The zero-order valence-electron chi connectivity index (χ0n) is 9.50. The van der Waals surface area contributed by atoms with E-state index < -0.39 is 17.1 Å². The Kier molecular flexibility index (Phi) is 3.87. The van der Waals surface area contributed by atoms with E-state index in [0.29, 0.717) is 0 Å². The standard InChI is InChI=1S/C11H7BrClF3N2O/c1-5(13)9-17-18-10(19-9)6-2-3-8(12)7(4-6)11(14,15)16/h2-5H,1H3. The summed E-state index contributed by atoms with van der Waals surface area (Å²) in [5, 5.41) is 6.84. The first-order chi connectivity index (χ1) is 8.79. The van der Waals surface area contributed by atoms with Crippen molar-refractivity contribution in [3.05, 3.63) is 34.1 Å². The number of hydrogen-bond acceptors (Lipinski definition) is 3. The quantitative estimate of drug-likeness (QED) is 0.725. The zero-order valence-corrected chi connectivity index (χ0v) is 11.8. The molecule has 1 heterocycles. The van der Waals surface area contributed by atoms with Crippen molar-refractivity contribution in [3.8, 4) is 11.5 Å². The Morgan fingerprint density at radius 2 is 2.00 bits per heavy atom.